The first-order chi connectivity index (χ1) is 12.2. The predicted octanol–water partition coefficient (Wildman–Crippen LogP) is 2.61. The monoisotopic (exact) mass is 341 g/mol. The predicted molar refractivity (Wildman–Crippen MR) is 88.3 cm³/mol. The molecule has 0 aliphatic carbocycles. The van der Waals surface area contributed by atoms with Crippen molar-refractivity contribution in [3.8, 4) is 17.2 Å². The van der Waals surface area contributed by atoms with E-state index in [9.17, 15) is 9.18 Å². The highest BCUT2D eigenvalue weighted by molar-refractivity contribution is 5.77. The number of hydrogen-bond acceptors (Lipinski definition) is 5. The first-order valence-electron chi connectivity index (χ1n) is 7.71. The number of halogens is 1. The molecule has 0 radical (unpaired) electrons. The Labute approximate surface area is 143 Å². The molecule has 0 atom stereocenters. The van der Waals surface area contributed by atoms with Crippen LogP contribution in [0.1, 0.15) is 5.56 Å². The van der Waals surface area contributed by atoms with E-state index >= 15 is 0 Å². The second kappa shape index (κ2) is 8.05. The van der Waals surface area contributed by atoms with Crippen LogP contribution in [0.3, 0.4) is 0 Å². The SMILES string of the molecule is O=C(COc1ccc(-c2nnco2)cc1)NCCc1ccc(F)cc1. The Bertz CT molecular complexity index is 803. The van der Waals surface area contributed by atoms with Crippen LogP contribution in [-0.2, 0) is 11.2 Å². The topological polar surface area (TPSA) is 77.2 Å². The highest BCUT2D eigenvalue weighted by Gasteiger charge is 2.05. The molecule has 1 aromatic heterocycles. The summed E-state index contributed by atoms with van der Waals surface area (Å²) in [6.07, 6.45) is 1.89. The molecular formula is C18H16FN3O3. The molecule has 0 unspecified atom stereocenters. The molecule has 0 aliphatic rings. The van der Waals surface area contributed by atoms with Gasteiger partial charge < -0.3 is 14.5 Å². The fourth-order valence-electron chi connectivity index (χ4n) is 2.19. The Morgan fingerprint density at radius 3 is 2.56 bits per heavy atom. The zero-order chi connectivity index (χ0) is 17.5. The minimum absolute atomic E-state index is 0.0800. The van der Waals surface area contributed by atoms with Gasteiger partial charge in [-0.1, -0.05) is 12.1 Å². The zero-order valence-electron chi connectivity index (χ0n) is 13.3. The van der Waals surface area contributed by atoms with E-state index in [0.29, 0.717) is 24.6 Å². The van der Waals surface area contributed by atoms with Gasteiger partial charge in [-0.25, -0.2) is 4.39 Å². The molecule has 25 heavy (non-hydrogen) atoms. The summed E-state index contributed by atoms with van der Waals surface area (Å²) < 4.78 is 23.3. The summed E-state index contributed by atoms with van der Waals surface area (Å²) in [6.45, 7) is 0.382. The largest absolute Gasteiger partial charge is 0.484 e. The molecule has 7 heteroatoms. The average Bonchev–Trinajstić information content (AvgIpc) is 3.17. The van der Waals surface area contributed by atoms with Gasteiger partial charge in [0.25, 0.3) is 5.91 Å². The first-order valence-corrected chi connectivity index (χ1v) is 7.71. The molecule has 0 aliphatic heterocycles. The van der Waals surface area contributed by atoms with Crippen molar-refractivity contribution in [2.24, 2.45) is 0 Å². The quantitative estimate of drug-likeness (QED) is 0.715. The highest BCUT2D eigenvalue weighted by Crippen LogP contribution is 2.20. The fourth-order valence-corrected chi connectivity index (χ4v) is 2.19. The first kappa shape index (κ1) is 16.6. The van der Waals surface area contributed by atoms with E-state index in [0.717, 1.165) is 11.1 Å². The van der Waals surface area contributed by atoms with Gasteiger partial charge in [0, 0.05) is 12.1 Å². The summed E-state index contributed by atoms with van der Waals surface area (Å²) in [5.41, 5.74) is 1.73. The lowest BCUT2D eigenvalue weighted by molar-refractivity contribution is -0.123. The average molecular weight is 341 g/mol. The standard InChI is InChI=1S/C18H16FN3O3/c19-15-5-1-13(2-6-15)9-10-20-17(23)11-24-16-7-3-14(4-8-16)18-22-21-12-25-18/h1-8,12H,9-11H2,(H,20,23). The molecule has 128 valence electrons. The number of aromatic nitrogens is 2. The molecule has 0 fully saturated rings. The van der Waals surface area contributed by atoms with Crippen LogP contribution >= 0.6 is 0 Å². The van der Waals surface area contributed by atoms with Crippen molar-refractivity contribution in [3.05, 3.63) is 66.3 Å². The van der Waals surface area contributed by atoms with Crippen LogP contribution in [0, 0.1) is 5.82 Å². The lowest BCUT2D eigenvalue weighted by Crippen LogP contribution is -2.30. The molecule has 3 rings (SSSR count). The van der Waals surface area contributed by atoms with Gasteiger partial charge in [0.15, 0.2) is 6.61 Å². The summed E-state index contributed by atoms with van der Waals surface area (Å²) in [4.78, 5) is 11.8. The Morgan fingerprint density at radius 1 is 1.12 bits per heavy atom. The maximum atomic E-state index is 12.8. The van der Waals surface area contributed by atoms with E-state index in [-0.39, 0.29) is 18.3 Å². The van der Waals surface area contributed by atoms with E-state index in [2.05, 4.69) is 15.5 Å². The van der Waals surface area contributed by atoms with E-state index in [1.165, 1.54) is 18.5 Å². The molecule has 3 aromatic rings. The third-order valence-corrected chi connectivity index (χ3v) is 3.48. The van der Waals surface area contributed by atoms with Crippen molar-refractivity contribution in [3.63, 3.8) is 0 Å². The van der Waals surface area contributed by atoms with E-state index in [4.69, 9.17) is 9.15 Å². The number of carbonyl (C=O) groups excluding carboxylic acids is 1. The number of ether oxygens (including phenoxy) is 1. The van der Waals surface area contributed by atoms with Gasteiger partial charge in [0.1, 0.15) is 11.6 Å². The van der Waals surface area contributed by atoms with Gasteiger partial charge in [0.2, 0.25) is 12.3 Å². The molecule has 1 amide bonds. The number of nitrogens with zero attached hydrogens (tertiary/aromatic N) is 2. The summed E-state index contributed by atoms with van der Waals surface area (Å²) in [5, 5.41) is 10.2. The Balaban J connectivity index is 1.40. The van der Waals surface area contributed by atoms with Gasteiger partial charge in [-0.15, -0.1) is 10.2 Å². The molecule has 0 spiro atoms. The molecule has 2 aromatic carbocycles. The number of amides is 1. The van der Waals surface area contributed by atoms with Crippen molar-refractivity contribution in [1.29, 1.82) is 0 Å². The van der Waals surface area contributed by atoms with Crippen LogP contribution in [-0.4, -0.2) is 29.3 Å². The fraction of sp³-hybridized carbons (Fsp3) is 0.167. The van der Waals surface area contributed by atoms with Gasteiger partial charge in [-0.2, -0.15) is 0 Å². The Kier molecular flexibility index (Phi) is 5.36. The second-order valence-electron chi connectivity index (χ2n) is 5.28. The number of benzene rings is 2. The Hall–Kier alpha value is -3.22. The van der Waals surface area contributed by atoms with Crippen LogP contribution in [0.2, 0.25) is 0 Å². The van der Waals surface area contributed by atoms with Crippen molar-refractivity contribution < 1.29 is 18.3 Å². The molecule has 0 saturated carbocycles. The van der Waals surface area contributed by atoms with Crippen LogP contribution < -0.4 is 10.1 Å². The van der Waals surface area contributed by atoms with E-state index < -0.39 is 0 Å². The zero-order valence-corrected chi connectivity index (χ0v) is 13.3. The Morgan fingerprint density at radius 2 is 1.88 bits per heavy atom. The molecular weight excluding hydrogens is 325 g/mol. The lowest BCUT2D eigenvalue weighted by Gasteiger charge is -2.08. The highest BCUT2D eigenvalue weighted by atomic mass is 19.1. The summed E-state index contributed by atoms with van der Waals surface area (Å²) in [7, 11) is 0. The van der Waals surface area contributed by atoms with Crippen LogP contribution in [0.15, 0.2) is 59.3 Å². The van der Waals surface area contributed by atoms with Gasteiger partial charge in [-0.05, 0) is 48.4 Å². The number of nitrogens with one attached hydrogen (secondary N) is 1. The van der Waals surface area contributed by atoms with E-state index in [1.807, 2.05) is 0 Å². The maximum absolute atomic E-state index is 12.8. The summed E-state index contributed by atoms with van der Waals surface area (Å²) in [5.74, 6) is 0.497. The van der Waals surface area contributed by atoms with Crippen LogP contribution in [0.4, 0.5) is 4.39 Å². The van der Waals surface area contributed by atoms with Crippen molar-refractivity contribution >= 4 is 5.91 Å². The van der Waals surface area contributed by atoms with Crippen LogP contribution in [0.25, 0.3) is 11.5 Å². The molecule has 1 heterocycles. The number of carbonyl (C=O) groups is 1. The molecule has 1 N–H and O–H groups in total. The minimum Gasteiger partial charge on any atom is -0.484 e. The summed E-state index contributed by atoms with van der Waals surface area (Å²) >= 11 is 0. The third kappa shape index (κ3) is 4.87. The van der Waals surface area contributed by atoms with Gasteiger partial charge in [0.05, 0.1) is 0 Å². The smallest absolute Gasteiger partial charge is 0.257 e. The van der Waals surface area contributed by atoms with Gasteiger partial charge >= 0.3 is 0 Å². The van der Waals surface area contributed by atoms with E-state index in [1.54, 1.807) is 36.4 Å². The lowest BCUT2D eigenvalue weighted by atomic mass is 10.1. The van der Waals surface area contributed by atoms with Crippen molar-refractivity contribution in [2.45, 2.75) is 6.42 Å². The van der Waals surface area contributed by atoms with Gasteiger partial charge in [-0.3, -0.25) is 4.79 Å². The minimum atomic E-state index is -0.272. The number of rotatable bonds is 7. The normalized spacial score (nSPS) is 10.4. The van der Waals surface area contributed by atoms with Crippen LogP contribution in [0.5, 0.6) is 5.75 Å². The maximum Gasteiger partial charge on any atom is 0.257 e. The molecule has 0 saturated heterocycles. The van der Waals surface area contributed by atoms with Crippen molar-refractivity contribution in [2.75, 3.05) is 13.2 Å². The molecule has 0 bridgehead atoms. The third-order valence-electron chi connectivity index (χ3n) is 3.48. The molecule has 6 nitrogen and oxygen atoms in total. The summed E-state index contributed by atoms with van der Waals surface area (Å²) in [6, 6.07) is 13.2. The number of hydrogen-bond donors (Lipinski definition) is 1. The van der Waals surface area contributed by atoms with Crippen molar-refractivity contribution in [1.82, 2.24) is 15.5 Å². The second-order valence-corrected chi connectivity index (χ2v) is 5.28.